The molecule has 1 aromatic rings. The van der Waals surface area contributed by atoms with Gasteiger partial charge in [-0.05, 0) is 17.7 Å². The number of alkyl halides is 3. The zero-order valence-electron chi connectivity index (χ0n) is 8.13. The van der Waals surface area contributed by atoms with Crippen molar-refractivity contribution in [3.05, 3.63) is 58.1 Å². The first-order valence-electron chi connectivity index (χ1n) is 4.70. The Morgan fingerprint density at radius 2 is 1.69 bits per heavy atom. The van der Waals surface area contributed by atoms with Gasteiger partial charge in [0.25, 0.3) is 0 Å². The molecule has 0 nitrogen and oxygen atoms in total. The molecule has 0 radical (unpaired) electrons. The van der Waals surface area contributed by atoms with Crippen LogP contribution in [-0.2, 0) is 6.18 Å². The second-order valence-electron chi connectivity index (χ2n) is 3.53. The first-order chi connectivity index (χ1) is 7.48. The fourth-order valence-electron chi connectivity index (χ4n) is 1.61. The maximum absolute atomic E-state index is 12.4. The first-order valence-corrected chi connectivity index (χ1v) is 5.49. The summed E-state index contributed by atoms with van der Waals surface area (Å²) in [6, 6.07) is 3.74. The van der Waals surface area contributed by atoms with E-state index in [1.807, 2.05) is 24.3 Å². The minimum atomic E-state index is -4.29. The zero-order chi connectivity index (χ0) is 11.8. The number of halogens is 4. The minimum Gasteiger partial charge on any atom is -0.166 e. The highest BCUT2D eigenvalue weighted by Crippen LogP contribution is 2.35. The molecule has 0 aliphatic heterocycles. The Labute approximate surface area is 99.6 Å². The number of allylic oxidation sites excluding steroid dienone is 4. The second-order valence-corrected chi connectivity index (χ2v) is 4.38. The van der Waals surface area contributed by atoms with Gasteiger partial charge in [0, 0.05) is 10.4 Å². The monoisotopic (exact) mass is 288 g/mol. The predicted octanol–water partition coefficient (Wildman–Crippen LogP) is 4.68. The molecule has 0 saturated heterocycles. The van der Waals surface area contributed by atoms with Crippen LogP contribution in [0.2, 0.25) is 0 Å². The van der Waals surface area contributed by atoms with Crippen LogP contribution in [0.1, 0.15) is 17.0 Å². The van der Waals surface area contributed by atoms with Crippen LogP contribution in [0, 0.1) is 0 Å². The molecule has 1 aliphatic rings. The molecule has 0 aromatic heterocycles. The van der Waals surface area contributed by atoms with E-state index >= 15 is 0 Å². The lowest BCUT2D eigenvalue weighted by atomic mass is 9.99. The molecule has 0 N–H and O–H groups in total. The summed E-state index contributed by atoms with van der Waals surface area (Å²) in [6.45, 7) is 0. The van der Waals surface area contributed by atoms with Crippen LogP contribution in [-0.4, -0.2) is 0 Å². The lowest BCUT2D eigenvalue weighted by Crippen LogP contribution is -2.05. The Kier molecular flexibility index (Phi) is 2.93. The lowest BCUT2D eigenvalue weighted by molar-refractivity contribution is -0.137. The summed E-state index contributed by atoms with van der Waals surface area (Å²) in [7, 11) is 0. The molecule has 0 amide bonds. The van der Waals surface area contributed by atoms with Crippen molar-refractivity contribution >= 4 is 15.9 Å². The molecule has 0 spiro atoms. The van der Waals surface area contributed by atoms with Crippen molar-refractivity contribution in [2.75, 3.05) is 0 Å². The van der Waals surface area contributed by atoms with Crippen molar-refractivity contribution in [2.45, 2.75) is 12.1 Å². The van der Waals surface area contributed by atoms with Crippen LogP contribution in [0.3, 0.4) is 0 Å². The number of benzene rings is 1. The van der Waals surface area contributed by atoms with Crippen molar-refractivity contribution in [1.82, 2.24) is 0 Å². The Bertz CT molecular complexity index is 446. The number of rotatable bonds is 1. The van der Waals surface area contributed by atoms with Gasteiger partial charge in [-0.15, -0.1) is 0 Å². The van der Waals surface area contributed by atoms with Gasteiger partial charge in [-0.3, -0.25) is 0 Å². The number of hydrogen-bond donors (Lipinski definition) is 0. The average Bonchev–Trinajstić information content (AvgIpc) is 2.69. The molecule has 0 unspecified atom stereocenters. The highest BCUT2D eigenvalue weighted by molar-refractivity contribution is 9.10. The van der Waals surface area contributed by atoms with Gasteiger partial charge in [-0.2, -0.15) is 13.2 Å². The molecule has 1 aromatic carbocycles. The van der Waals surface area contributed by atoms with E-state index in [0.29, 0.717) is 4.47 Å². The van der Waals surface area contributed by atoms with Crippen LogP contribution in [0.4, 0.5) is 13.2 Å². The SMILES string of the molecule is FC(F)(F)c1ccc(C2C=CC=C2)c(Br)c1. The van der Waals surface area contributed by atoms with Crippen molar-refractivity contribution < 1.29 is 13.2 Å². The van der Waals surface area contributed by atoms with E-state index in [2.05, 4.69) is 15.9 Å². The third-order valence-electron chi connectivity index (χ3n) is 2.43. The summed E-state index contributed by atoms with van der Waals surface area (Å²) in [5, 5.41) is 0. The van der Waals surface area contributed by atoms with E-state index in [9.17, 15) is 13.2 Å². The molecule has 0 fully saturated rings. The van der Waals surface area contributed by atoms with E-state index in [1.165, 1.54) is 6.07 Å². The van der Waals surface area contributed by atoms with E-state index in [-0.39, 0.29) is 5.92 Å². The minimum absolute atomic E-state index is 0.0664. The third kappa shape index (κ3) is 2.21. The van der Waals surface area contributed by atoms with Gasteiger partial charge in [-0.25, -0.2) is 0 Å². The van der Waals surface area contributed by atoms with Gasteiger partial charge < -0.3 is 0 Å². The zero-order valence-corrected chi connectivity index (χ0v) is 9.72. The van der Waals surface area contributed by atoms with E-state index in [4.69, 9.17) is 0 Å². The van der Waals surface area contributed by atoms with Gasteiger partial charge in [0.1, 0.15) is 0 Å². The Morgan fingerprint density at radius 3 is 2.19 bits per heavy atom. The largest absolute Gasteiger partial charge is 0.416 e. The van der Waals surface area contributed by atoms with Gasteiger partial charge in [0.2, 0.25) is 0 Å². The third-order valence-corrected chi connectivity index (χ3v) is 3.12. The first kappa shape index (κ1) is 11.5. The van der Waals surface area contributed by atoms with Gasteiger partial charge in [0.05, 0.1) is 5.56 Å². The van der Waals surface area contributed by atoms with Gasteiger partial charge in [0.15, 0.2) is 0 Å². The Hall–Kier alpha value is -1.03. The maximum Gasteiger partial charge on any atom is 0.416 e. The second kappa shape index (κ2) is 4.09. The standard InChI is InChI=1S/C12H8BrF3/c13-11-7-9(12(14,15)16)5-6-10(11)8-3-1-2-4-8/h1-8H. The average molecular weight is 289 g/mol. The van der Waals surface area contributed by atoms with Crippen LogP contribution in [0.15, 0.2) is 47.0 Å². The molecule has 0 bridgehead atoms. The Morgan fingerprint density at radius 1 is 1.06 bits per heavy atom. The van der Waals surface area contributed by atoms with E-state index in [0.717, 1.165) is 17.7 Å². The molecule has 2 rings (SSSR count). The highest BCUT2D eigenvalue weighted by Gasteiger charge is 2.31. The molecule has 0 heterocycles. The highest BCUT2D eigenvalue weighted by atomic mass is 79.9. The van der Waals surface area contributed by atoms with Crippen molar-refractivity contribution in [1.29, 1.82) is 0 Å². The molecular formula is C12H8BrF3. The molecular weight excluding hydrogens is 281 g/mol. The fraction of sp³-hybridized carbons (Fsp3) is 0.167. The summed E-state index contributed by atoms with van der Waals surface area (Å²) in [5.41, 5.74) is 0.215. The normalized spacial score (nSPS) is 16.0. The molecule has 0 atom stereocenters. The van der Waals surface area contributed by atoms with Gasteiger partial charge >= 0.3 is 6.18 Å². The smallest absolute Gasteiger partial charge is 0.166 e. The van der Waals surface area contributed by atoms with E-state index < -0.39 is 11.7 Å². The van der Waals surface area contributed by atoms with Gasteiger partial charge in [-0.1, -0.05) is 46.3 Å². The van der Waals surface area contributed by atoms with Crippen LogP contribution < -0.4 is 0 Å². The van der Waals surface area contributed by atoms with Crippen LogP contribution in [0.5, 0.6) is 0 Å². The molecule has 16 heavy (non-hydrogen) atoms. The number of hydrogen-bond acceptors (Lipinski definition) is 0. The maximum atomic E-state index is 12.4. The van der Waals surface area contributed by atoms with Crippen molar-refractivity contribution in [3.8, 4) is 0 Å². The summed E-state index contributed by atoms with van der Waals surface area (Å²) < 4.78 is 37.8. The lowest BCUT2D eigenvalue weighted by Gasteiger charge is -2.12. The van der Waals surface area contributed by atoms with Crippen molar-refractivity contribution in [3.63, 3.8) is 0 Å². The quantitative estimate of drug-likeness (QED) is 0.704. The fourth-order valence-corrected chi connectivity index (χ4v) is 2.26. The predicted molar refractivity (Wildman–Crippen MR) is 60.2 cm³/mol. The summed E-state index contributed by atoms with van der Waals surface area (Å²) in [4.78, 5) is 0. The summed E-state index contributed by atoms with van der Waals surface area (Å²) in [5.74, 6) is 0.0664. The van der Waals surface area contributed by atoms with Crippen LogP contribution in [0.25, 0.3) is 0 Å². The van der Waals surface area contributed by atoms with E-state index in [1.54, 1.807) is 0 Å². The topological polar surface area (TPSA) is 0 Å². The summed E-state index contributed by atoms with van der Waals surface area (Å²) >= 11 is 3.18. The Balaban J connectivity index is 2.37. The summed E-state index contributed by atoms with van der Waals surface area (Å²) in [6.07, 6.45) is 3.35. The molecule has 4 heteroatoms. The van der Waals surface area contributed by atoms with Crippen molar-refractivity contribution in [2.24, 2.45) is 0 Å². The molecule has 0 saturated carbocycles. The molecule has 1 aliphatic carbocycles. The van der Waals surface area contributed by atoms with Crippen LogP contribution >= 0.6 is 15.9 Å². The molecule has 84 valence electrons.